The zero-order chi connectivity index (χ0) is 30.6. The number of nitrogens with zero attached hydrogens (tertiary/aromatic N) is 7. The summed E-state index contributed by atoms with van der Waals surface area (Å²) in [4.78, 5) is 33.5. The maximum atomic E-state index is 13.1. The molecule has 1 saturated carbocycles. The monoisotopic (exact) mass is 598 g/mol. The minimum absolute atomic E-state index is 0.0645. The van der Waals surface area contributed by atoms with Crippen LogP contribution in [0.25, 0.3) is 22.1 Å². The van der Waals surface area contributed by atoms with Crippen LogP contribution in [0.1, 0.15) is 31.4 Å². The van der Waals surface area contributed by atoms with E-state index < -0.39 is 6.55 Å². The largest absolute Gasteiger partial charge is 0.457 e. The Hall–Kier alpha value is -5.13. The molecular weight excluding hydrogens is 566 g/mol. The van der Waals surface area contributed by atoms with Crippen molar-refractivity contribution in [3.05, 3.63) is 79.4 Å². The van der Waals surface area contributed by atoms with Crippen molar-refractivity contribution >= 4 is 45.3 Å². The molecule has 10 nitrogen and oxygen atoms in total. The molecule has 5 aromatic rings. The second kappa shape index (κ2) is 12.6. The molecule has 0 unspecified atom stereocenters. The molecule has 1 amide bonds. The Morgan fingerprint density at radius 2 is 1.77 bits per heavy atom. The standard InChI is InChI=1S/C29H26F2N8O2.C3H6/c1-3-26(40)38-12-10-37(11-13-38)25-9-6-21-27(36-25)28(33-16-32-21)35-19-4-8-24(18(2)14-19)41-20-5-7-23-22(15-20)34-17-39(23)29(30)31;1-2-3-1/h3-9,14-17,29H,1,10-13H2,2H3,(H,32,33,35);1-3H2. The fraction of sp³-hybridized carbons (Fsp3) is 0.281. The van der Waals surface area contributed by atoms with E-state index in [1.165, 1.54) is 31.7 Å². The van der Waals surface area contributed by atoms with E-state index in [1.807, 2.05) is 37.3 Å². The van der Waals surface area contributed by atoms with Gasteiger partial charge in [0.15, 0.2) is 5.82 Å². The van der Waals surface area contributed by atoms with E-state index in [4.69, 9.17) is 9.72 Å². The lowest BCUT2D eigenvalue weighted by molar-refractivity contribution is -0.126. The van der Waals surface area contributed by atoms with E-state index in [9.17, 15) is 13.6 Å². The van der Waals surface area contributed by atoms with Crippen LogP contribution in [0, 0.1) is 6.92 Å². The van der Waals surface area contributed by atoms with Crippen molar-refractivity contribution in [2.75, 3.05) is 36.4 Å². The maximum absolute atomic E-state index is 13.1. The number of piperazine rings is 1. The van der Waals surface area contributed by atoms with E-state index >= 15 is 0 Å². The van der Waals surface area contributed by atoms with Gasteiger partial charge in [-0.1, -0.05) is 25.8 Å². The first kappa shape index (κ1) is 29.0. The number of anilines is 3. The number of amides is 1. The molecule has 2 fully saturated rings. The summed E-state index contributed by atoms with van der Waals surface area (Å²) < 4.78 is 33.1. The SMILES string of the molecule is C1CC1.C=CC(=O)N1CCN(c2ccc3ncnc(Nc4ccc(Oc5ccc6c(c5)ncn6C(F)F)c(C)c4)c3n2)CC1. The van der Waals surface area contributed by atoms with Gasteiger partial charge in [0, 0.05) is 37.9 Å². The Kier molecular flexibility index (Phi) is 8.31. The van der Waals surface area contributed by atoms with Crippen molar-refractivity contribution in [1.82, 2.24) is 29.4 Å². The molecule has 1 saturated heterocycles. The highest BCUT2D eigenvalue weighted by Crippen LogP contribution is 2.32. The van der Waals surface area contributed by atoms with Gasteiger partial charge in [-0.05, 0) is 61.0 Å². The van der Waals surface area contributed by atoms with Crippen LogP contribution in [0.3, 0.4) is 0 Å². The van der Waals surface area contributed by atoms with Crippen molar-refractivity contribution in [3.8, 4) is 11.5 Å². The number of carbonyl (C=O) groups is 1. The van der Waals surface area contributed by atoms with Gasteiger partial charge in [0.05, 0.1) is 16.6 Å². The number of ether oxygens (including phenoxy) is 1. The molecule has 0 atom stereocenters. The summed E-state index contributed by atoms with van der Waals surface area (Å²) in [5, 5.41) is 3.34. The van der Waals surface area contributed by atoms with Gasteiger partial charge in [-0.2, -0.15) is 8.78 Å². The topological polar surface area (TPSA) is 101 Å². The highest BCUT2D eigenvalue weighted by molar-refractivity contribution is 5.89. The molecule has 4 heterocycles. The van der Waals surface area contributed by atoms with Gasteiger partial charge in [0.2, 0.25) is 5.91 Å². The molecule has 0 spiro atoms. The van der Waals surface area contributed by atoms with Gasteiger partial charge in [-0.25, -0.2) is 19.9 Å². The second-order valence-corrected chi connectivity index (χ2v) is 10.6. The quantitative estimate of drug-likeness (QED) is 0.209. The third-order valence-electron chi connectivity index (χ3n) is 7.33. The van der Waals surface area contributed by atoms with Crippen LogP contribution >= 0.6 is 0 Å². The summed E-state index contributed by atoms with van der Waals surface area (Å²) in [6, 6.07) is 14.3. The molecule has 1 N–H and O–H groups in total. The van der Waals surface area contributed by atoms with E-state index in [2.05, 4.69) is 31.7 Å². The van der Waals surface area contributed by atoms with E-state index in [-0.39, 0.29) is 5.91 Å². The van der Waals surface area contributed by atoms with Crippen LogP contribution in [-0.2, 0) is 4.79 Å². The number of imidazole rings is 1. The molecule has 44 heavy (non-hydrogen) atoms. The summed E-state index contributed by atoms with van der Waals surface area (Å²) in [6.07, 6.45) is 8.44. The number of halogens is 2. The average molecular weight is 599 g/mol. The van der Waals surface area contributed by atoms with E-state index in [0.717, 1.165) is 28.0 Å². The third-order valence-corrected chi connectivity index (χ3v) is 7.33. The Bertz CT molecular complexity index is 1810. The van der Waals surface area contributed by atoms with Crippen molar-refractivity contribution in [1.29, 1.82) is 0 Å². The second-order valence-electron chi connectivity index (χ2n) is 10.6. The number of nitrogens with one attached hydrogen (secondary N) is 1. The number of rotatable bonds is 7. The molecule has 2 aliphatic rings. The molecular formula is C32H32F2N8O2. The maximum Gasteiger partial charge on any atom is 0.320 e. The summed E-state index contributed by atoms with van der Waals surface area (Å²) >= 11 is 0. The van der Waals surface area contributed by atoms with Gasteiger partial charge in [-0.3, -0.25) is 9.36 Å². The Morgan fingerprint density at radius 3 is 2.48 bits per heavy atom. The normalized spacial score (nSPS) is 14.4. The fourth-order valence-electron chi connectivity index (χ4n) is 4.82. The van der Waals surface area contributed by atoms with Crippen molar-refractivity contribution < 1.29 is 18.3 Å². The number of hydrogen-bond acceptors (Lipinski definition) is 8. The number of carbonyl (C=O) groups excluding carboxylic acids is 1. The van der Waals surface area contributed by atoms with Gasteiger partial charge in [0.1, 0.15) is 35.5 Å². The van der Waals surface area contributed by atoms with Gasteiger partial charge >= 0.3 is 6.55 Å². The van der Waals surface area contributed by atoms with Crippen molar-refractivity contribution in [2.24, 2.45) is 0 Å². The minimum atomic E-state index is -2.66. The molecule has 226 valence electrons. The van der Waals surface area contributed by atoms with E-state index in [0.29, 0.717) is 65.6 Å². The number of hydrogen-bond donors (Lipinski definition) is 1. The van der Waals surface area contributed by atoms with Crippen LogP contribution in [0.15, 0.2) is 73.8 Å². The first-order valence-corrected chi connectivity index (χ1v) is 14.5. The zero-order valence-electron chi connectivity index (χ0n) is 24.3. The molecule has 0 bridgehead atoms. The number of aromatic nitrogens is 5. The van der Waals surface area contributed by atoms with Crippen LogP contribution in [-0.4, -0.2) is 61.5 Å². The Morgan fingerprint density at radius 1 is 0.977 bits per heavy atom. The summed E-state index contributed by atoms with van der Waals surface area (Å²) in [6.45, 7) is 5.34. The predicted molar refractivity (Wildman–Crippen MR) is 166 cm³/mol. The minimum Gasteiger partial charge on any atom is -0.457 e. The number of pyridine rings is 1. The van der Waals surface area contributed by atoms with Crippen LogP contribution < -0.4 is 15.0 Å². The molecule has 3 aromatic heterocycles. The van der Waals surface area contributed by atoms with Crippen LogP contribution in [0.5, 0.6) is 11.5 Å². The lowest BCUT2D eigenvalue weighted by atomic mass is 10.2. The molecule has 7 rings (SSSR count). The Balaban J connectivity index is 0.00000108. The zero-order valence-corrected chi connectivity index (χ0v) is 24.3. The molecule has 0 radical (unpaired) electrons. The van der Waals surface area contributed by atoms with E-state index in [1.54, 1.807) is 23.1 Å². The molecule has 1 aliphatic heterocycles. The molecule has 1 aliphatic carbocycles. The average Bonchev–Trinajstić information content (AvgIpc) is 3.87. The van der Waals surface area contributed by atoms with Crippen LogP contribution in [0.4, 0.5) is 26.1 Å². The lowest BCUT2D eigenvalue weighted by Gasteiger charge is -2.35. The lowest BCUT2D eigenvalue weighted by Crippen LogP contribution is -2.48. The highest BCUT2D eigenvalue weighted by Gasteiger charge is 2.21. The summed E-state index contributed by atoms with van der Waals surface area (Å²) in [5.41, 5.74) is 3.73. The smallest absolute Gasteiger partial charge is 0.320 e. The Labute approximate surface area is 253 Å². The highest BCUT2D eigenvalue weighted by atomic mass is 19.3. The van der Waals surface area contributed by atoms with Crippen molar-refractivity contribution in [3.63, 3.8) is 0 Å². The first-order valence-electron chi connectivity index (χ1n) is 14.5. The summed E-state index contributed by atoms with van der Waals surface area (Å²) in [7, 11) is 0. The number of alkyl halides is 2. The summed E-state index contributed by atoms with van der Waals surface area (Å²) in [5.74, 6) is 2.39. The number of aryl methyl sites for hydroxylation is 1. The number of fused-ring (bicyclic) bond motifs is 2. The first-order chi connectivity index (χ1) is 21.4. The number of benzene rings is 2. The predicted octanol–water partition coefficient (Wildman–Crippen LogP) is 6.62. The molecule has 2 aromatic carbocycles. The van der Waals surface area contributed by atoms with Gasteiger partial charge in [0.25, 0.3) is 0 Å². The third kappa shape index (κ3) is 6.43. The fourth-order valence-corrected chi connectivity index (χ4v) is 4.82. The molecule has 12 heteroatoms. The van der Waals surface area contributed by atoms with Gasteiger partial charge in [-0.15, -0.1) is 0 Å². The van der Waals surface area contributed by atoms with Crippen LogP contribution in [0.2, 0.25) is 0 Å². The van der Waals surface area contributed by atoms with Crippen molar-refractivity contribution in [2.45, 2.75) is 32.7 Å². The van der Waals surface area contributed by atoms with Gasteiger partial charge < -0.3 is 19.9 Å².